The molecule has 0 spiro atoms. The summed E-state index contributed by atoms with van der Waals surface area (Å²) >= 11 is 5.68. The van der Waals surface area contributed by atoms with Crippen LogP contribution in [0, 0.1) is 6.07 Å². The van der Waals surface area contributed by atoms with E-state index in [0.717, 1.165) is 5.69 Å². The minimum absolute atomic E-state index is 0.645. The molecular formula is C7H4ClN4. The van der Waals surface area contributed by atoms with Crippen LogP contribution in [0.4, 0.5) is 0 Å². The van der Waals surface area contributed by atoms with Gasteiger partial charge in [0, 0.05) is 11.1 Å². The summed E-state index contributed by atoms with van der Waals surface area (Å²) in [5.74, 6) is 0. The minimum atomic E-state index is 0.645. The SMILES string of the molecule is Clc1c[c]c(-n2cnnn2)cc1. The second-order valence-corrected chi connectivity index (χ2v) is 2.58. The van der Waals surface area contributed by atoms with Gasteiger partial charge in [-0.15, -0.1) is 5.10 Å². The quantitative estimate of drug-likeness (QED) is 0.659. The van der Waals surface area contributed by atoms with Gasteiger partial charge >= 0.3 is 0 Å². The molecule has 0 amide bonds. The Kier molecular flexibility index (Phi) is 1.75. The van der Waals surface area contributed by atoms with Gasteiger partial charge in [0.15, 0.2) is 0 Å². The van der Waals surface area contributed by atoms with Crippen LogP contribution in [0.5, 0.6) is 0 Å². The van der Waals surface area contributed by atoms with Gasteiger partial charge in [-0.05, 0) is 28.6 Å². The van der Waals surface area contributed by atoms with Gasteiger partial charge in [-0.2, -0.15) is 4.68 Å². The zero-order valence-electron chi connectivity index (χ0n) is 5.98. The Morgan fingerprint density at radius 1 is 1.42 bits per heavy atom. The van der Waals surface area contributed by atoms with E-state index >= 15 is 0 Å². The van der Waals surface area contributed by atoms with Crippen molar-refractivity contribution in [2.75, 3.05) is 0 Å². The molecule has 0 unspecified atom stereocenters. The molecule has 1 radical (unpaired) electrons. The van der Waals surface area contributed by atoms with Crippen molar-refractivity contribution in [2.45, 2.75) is 0 Å². The number of hydrogen-bond donors (Lipinski definition) is 0. The highest BCUT2D eigenvalue weighted by Gasteiger charge is 1.96. The molecule has 2 rings (SSSR count). The highest BCUT2D eigenvalue weighted by Crippen LogP contribution is 2.10. The number of hydrogen-bond acceptors (Lipinski definition) is 3. The summed E-state index contributed by atoms with van der Waals surface area (Å²) in [6.07, 6.45) is 1.50. The smallest absolute Gasteiger partial charge is 0.143 e. The molecule has 59 valence electrons. The van der Waals surface area contributed by atoms with Crippen LogP contribution in [-0.4, -0.2) is 20.2 Å². The maximum absolute atomic E-state index is 5.68. The van der Waals surface area contributed by atoms with Gasteiger partial charge in [-0.25, -0.2) is 0 Å². The summed E-state index contributed by atoms with van der Waals surface area (Å²) < 4.78 is 1.51. The molecular weight excluding hydrogens is 176 g/mol. The molecule has 0 saturated heterocycles. The molecule has 2 aromatic rings. The van der Waals surface area contributed by atoms with Crippen molar-refractivity contribution in [2.24, 2.45) is 0 Å². The minimum Gasteiger partial charge on any atom is -0.200 e. The second-order valence-electron chi connectivity index (χ2n) is 2.15. The zero-order chi connectivity index (χ0) is 8.39. The van der Waals surface area contributed by atoms with Gasteiger partial charge in [0.25, 0.3) is 0 Å². The first-order chi connectivity index (χ1) is 5.86. The van der Waals surface area contributed by atoms with Crippen molar-refractivity contribution < 1.29 is 0 Å². The molecule has 12 heavy (non-hydrogen) atoms. The van der Waals surface area contributed by atoms with Crippen LogP contribution in [0.25, 0.3) is 5.69 Å². The van der Waals surface area contributed by atoms with Crippen LogP contribution in [0.2, 0.25) is 5.02 Å². The largest absolute Gasteiger partial charge is 0.200 e. The Hall–Kier alpha value is -1.42. The lowest BCUT2D eigenvalue weighted by Crippen LogP contribution is -1.94. The topological polar surface area (TPSA) is 43.6 Å². The molecule has 0 aliphatic carbocycles. The van der Waals surface area contributed by atoms with Crippen LogP contribution in [0.3, 0.4) is 0 Å². The number of tetrazole rings is 1. The monoisotopic (exact) mass is 179 g/mol. The average Bonchev–Trinajstić information content (AvgIpc) is 2.58. The Balaban J connectivity index is 2.43. The van der Waals surface area contributed by atoms with Crippen LogP contribution in [0.1, 0.15) is 0 Å². The molecule has 0 N–H and O–H groups in total. The van der Waals surface area contributed by atoms with E-state index < -0.39 is 0 Å². The molecule has 0 bridgehead atoms. The van der Waals surface area contributed by atoms with Crippen molar-refractivity contribution in [3.05, 3.63) is 35.6 Å². The first-order valence-electron chi connectivity index (χ1n) is 3.27. The maximum Gasteiger partial charge on any atom is 0.143 e. The summed E-state index contributed by atoms with van der Waals surface area (Å²) in [6.45, 7) is 0. The van der Waals surface area contributed by atoms with E-state index in [-0.39, 0.29) is 0 Å². The van der Waals surface area contributed by atoms with E-state index in [1.54, 1.807) is 18.2 Å². The van der Waals surface area contributed by atoms with E-state index in [4.69, 9.17) is 11.6 Å². The summed E-state index contributed by atoms with van der Waals surface area (Å²) in [6, 6.07) is 8.14. The normalized spacial score (nSPS) is 10.1. The van der Waals surface area contributed by atoms with Crippen LogP contribution in [-0.2, 0) is 0 Å². The van der Waals surface area contributed by atoms with Crippen molar-refractivity contribution in [3.63, 3.8) is 0 Å². The fourth-order valence-corrected chi connectivity index (χ4v) is 0.929. The van der Waals surface area contributed by atoms with Gasteiger partial charge < -0.3 is 0 Å². The molecule has 4 nitrogen and oxygen atoms in total. The molecule has 1 aromatic carbocycles. The molecule has 0 saturated carbocycles. The number of nitrogens with zero attached hydrogens (tertiary/aromatic N) is 4. The van der Waals surface area contributed by atoms with Gasteiger partial charge in [0.1, 0.15) is 6.33 Å². The Bertz CT molecular complexity index is 353. The fourth-order valence-electron chi connectivity index (χ4n) is 0.812. The third-order valence-electron chi connectivity index (χ3n) is 1.35. The highest BCUT2D eigenvalue weighted by atomic mass is 35.5. The van der Waals surface area contributed by atoms with Crippen LogP contribution < -0.4 is 0 Å². The van der Waals surface area contributed by atoms with Gasteiger partial charge in [0.05, 0.1) is 5.69 Å². The zero-order valence-corrected chi connectivity index (χ0v) is 6.73. The van der Waals surface area contributed by atoms with Crippen molar-refractivity contribution in [3.8, 4) is 5.69 Å². The Morgan fingerprint density at radius 2 is 2.33 bits per heavy atom. The Labute approximate surface area is 73.8 Å². The molecule has 0 atom stereocenters. The molecule has 0 aliphatic rings. The van der Waals surface area contributed by atoms with Crippen molar-refractivity contribution >= 4 is 11.6 Å². The molecule has 0 aliphatic heterocycles. The molecule has 1 aromatic heterocycles. The average molecular weight is 180 g/mol. The Morgan fingerprint density at radius 3 is 2.92 bits per heavy atom. The third kappa shape index (κ3) is 1.29. The summed E-state index contributed by atoms with van der Waals surface area (Å²) in [5.41, 5.74) is 0.768. The molecule has 0 fully saturated rings. The van der Waals surface area contributed by atoms with E-state index in [2.05, 4.69) is 21.6 Å². The number of rotatable bonds is 1. The van der Waals surface area contributed by atoms with E-state index in [0.29, 0.717) is 5.02 Å². The fraction of sp³-hybridized carbons (Fsp3) is 0. The van der Waals surface area contributed by atoms with E-state index in [1.165, 1.54) is 11.0 Å². The highest BCUT2D eigenvalue weighted by molar-refractivity contribution is 6.30. The molecule has 1 heterocycles. The standard InChI is InChI=1S/C7H4ClN4/c8-6-1-3-7(4-2-6)12-5-9-10-11-12/h1-3,5H. The number of benzene rings is 1. The maximum atomic E-state index is 5.68. The predicted molar refractivity (Wildman–Crippen MR) is 43.0 cm³/mol. The van der Waals surface area contributed by atoms with Gasteiger partial charge in [0.2, 0.25) is 0 Å². The first kappa shape index (κ1) is 7.24. The van der Waals surface area contributed by atoms with Gasteiger partial charge in [-0.1, -0.05) is 11.6 Å². The number of halogens is 1. The summed E-state index contributed by atoms with van der Waals surface area (Å²) in [7, 11) is 0. The third-order valence-corrected chi connectivity index (χ3v) is 1.59. The number of aromatic nitrogens is 4. The lowest BCUT2D eigenvalue weighted by Gasteiger charge is -1.96. The van der Waals surface area contributed by atoms with E-state index in [9.17, 15) is 0 Å². The lowest BCUT2D eigenvalue weighted by atomic mass is 10.3. The molecule has 5 heteroatoms. The van der Waals surface area contributed by atoms with Crippen molar-refractivity contribution in [1.29, 1.82) is 0 Å². The summed E-state index contributed by atoms with van der Waals surface area (Å²) in [4.78, 5) is 0. The van der Waals surface area contributed by atoms with Crippen LogP contribution >= 0.6 is 11.6 Å². The predicted octanol–water partition coefficient (Wildman–Crippen LogP) is 1.12. The first-order valence-corrected chi connectivity index (χ1v) is 3.64. The second kappa shape index (κ2) is 2.91. The van der Waals surface area contributed by atoms with Crippen molar-refractivity contribution in [1.82, 2.24) is 20.2 Å². The summed E-state index contributed by atoms with van der Waals surface area (Å²) in [5, 5.41) is 11.3. The van der Waals surface area contributed by atoms with Crippen LogP contribution in [0.15, 0.2) is 24.5 Å². The lowest BCUT2D eigenvalue weighted by molar-refractivity contribution is 0.788. The van der Waals surface area contributed by atoms with E-state index in [1.807, 2.05) is 0 Å². The van der Waals surface area contributed by atoms with Gasteiger partial charge in [-0.3, -0.25) is 0 Å².